The molecule has 1 N–H and O–H groups in total. The van der Waals surface area contributed by atoms with E-state index >= 15 is 0 Å². The van der Waals surface area contributed by atoms with Gasteiger partial charge in [0.05, 0.1) is 16.8 Å². The minimum Gasteiger partial charge on any atom is -0.478 e. The Bertz CT molecular complexity index is 814. The maximum absolute atomic E-state index is 11.4. The van der Waals surface area contributed by atoms with Crippen LogP contribution in [-0.2, 0) is 0 Å². The average Bonchev–Trinajstić information content (AvgIpc) is 2.46. The number of hydrogen-bond acceptors (Lipinski definition) is 2. The SMILES string of the molecule is O=C(O)c1cc(-c2cccc(Br)c2)nc2ccccc12. The van der Waals surface area contributed by atoms with Gasteiger partial charge in [0, 0.05) is 15.4 Å². The third-order valence-corrected chi connectivity index (χ3v) is 3.56. The number of fused-ring (bicyclic) bond motifs is 1. The van der Waals surface area contributed by atoms with Crippen LogP contribution < -0.4 is 0 Å². The quantitative estimate of drug-likeness (QED) is 0.760. The lowest BCUT2D eigenvalue weighted by Crippen LogP contribution is -2.00. The van der Waals surface area contributed by atoms with Crippen molar-refractivity contribution >= 4 is 32.8 Å². The van der Waals surface area contributed by atoms with Crippen molar-refractivity contribution in [1.82, 2.24) is 4.98 Å². The summed E-state index contributed by atoms with van der Waals surface area (Å²) >= 11 is 3.41. The largest absolute Gasteiger partial charge is 0.478 e. The Hall–Kier alpha value is -2.20. The molecule has 98 valence electrons. The van der Waals surface area contributed by atoms with Crippen LogP contribution in [0, 0.1) is 0 Å². The second kappa shape index (κ2) is 5.06. The Morgan fingerprint density at radius 3 is 2.60 bits per heavy atom. The average molecular weight is 328 g/mol. The van der Waals surface area contributed by atoms with Gasteiger partial charge in [-0.3, -0.25) is 0 Å². The molecule has 0 saturated heterocycles. The van der Waals surface area contributed by atoms with E-state index in [0.717, 1.165) is 10.0 Å². The second-order valence-corrected chi connectivity index (χ2v) is 5.30. The molecule has 4 heteroatoms. The number of carboxylic acid groups (broad SMARTS) is 1. The van der Waals surface area contributed by atoms with Gasteiger partial charge in [-0.2, -0.15) is 0 Å². The minimum atomic E-state index is -0.945. The lowest BCUT2D eigenvalue weighted by atomic mass is 10.0. The predicted octanol–water partition coefficient (Wildman–Crippen LogP) is 4.36. The summed E-state index contributed by atoms with van der Waals surface area (Å²) < 4.78 is 0.932. The van der Waals surface area contributed by atoms with Crippen LogP contribution >= 0.6 is 15.9 Å². The molecule has 0 radical (unpaired) electrons. The number of nitrogens with zero attached hydrogens (tertiary/aromatic N) is 1. The number of carboxylic acids is 1. The smallest absolute Gasteiger partial charge is 0.336 e. The first-order valence-corrected chi connectivity index (χ1v) is 6.83. The van der Waals surface area contributed by atoms with E-state index in [1.54, 1.807) is 12.1 Å². The first-order chi connectivity index (χ1) is 9.65. The van der Waals surface area contributed by atoms with Gasteiger partial charge < -0.3 is 5.11 Å². The number of hydrogen-bond donors (Lipinski definition) is 1. The van der Waals surface area contributed by atoms with Gasteiger partial charge in [-0.15, -0.1) is 0 Å². The van der Waals surface area contributed by atoms with Crippen LogP contribution in [-0.4, -0.2) is 16.1 Å². The fourth-order valence-corrected chi connectivity index (χ4v) is 2.55. The Kier molecular flexibility index (Phi) is 3.24. The molecule has 1 heterocycles. The highest BCUT2D eigenvalue weighted by Crippen LogP contribution is 2.26. The maximum Gasteiger partial charge on any atom is 0.336 e. The monoisotopic (exact) mass is 327 g/mol. The molecular formula is C16H10BrNO2. The number of para-hydroxylation sites is 1. The zero-order valence-corrected chi connectivity index (χ0v) is 12.0. The summed E-state index contributed by atoms with van der Waals surface area (Å²) in [7, 11) is 0. The van der Waals surface area contributed by atoms with Crippen molar-refractivity contribution in [3.05, 3.63) is 64.6 Å². The molecule has 2 aromatic carbocycles. The topological polar surface area (TPSA) is 50.2 Å². The van der Waals surface area contributed by atoms with Crippen molar-refractivity contribution in [3.63, 3.8) is 0 Å². The summed E-state index contributed by atoms with van der Waals surface area (Å²) in [6.07, 6.45) is 0. The Morgan fingerprint density at radius 2 is 1.85 bits per heavy atom. The van der Waals surface area contributed by atoms with E-state index in [9.17, 15) is 9.90 Å². The van der Waals surface area contributed by atoms with E-state index in [4.69, 9.17) is 0 Å². The van der Waals surface area contributed by atoms with Crippen LogP contribution in [0.3, 0.4) is 0 Å². The molecule has 0 unspecified atom stereocenters. The van der Waals surface area contributed by atoms with Crippen molar-refractivity contribution in [2.24, 2.45) is 0 Å². The minimum absolute atomic E-state index is 0.269. The van der Waals surface area contributed by atoms with Gasteiger partial charge in [0.1, 0.15) is 0 Å². The summed E-state index contributed by atoms with van der Waals surface area (Å²) in [5.74, 6) is -0.945. The molecule has 0 fully saturated rings. The summed E-state index contributed by atoms with van der Waals surface area (Å²) in [6, 6.07) is 16.5. The predicted molar refractivity (Wildman–Crippen MR) is 81.8 cm³/mol. The molecule has 0 atom stereocenters. The third-order valence-electron chi connectivity index (χ3n) is 3.07. The van der Waals surface area contributed by atoms with Crippen LogP contribution in [0.25, 0.3) is 22.2 Å². The molecule has 0 amide bonds. The lowest BCUT2D eigenvalue weighted by Gasteiger charge is -2.07. The fraction of sp³-hybridized carbons (Fsp3) is 0. The molecule has 20 heavy (non-hydrogen) atoms. The normalized spacial score (nSPS) is 10.7. The van der Waals surface area contributed by atoms with E-state index in [-0.39, 0.29) is 5.56 Å². The number of halogens is 1. The number of pyridine rings is 1. The van der Waals surface area contributed by atoms with Gasteiger partial charge in [-0.25, -0.2) is 9.78 Å². The first-order valence-electron chi connectivity index (χ1n) is 6.04. The highest BCUT2D eigenvalue weighted by molar-refractivity contribution is 9.10. The zero-order chi connectivity index (χ0) is 14.1. The van der Waals surface area contributed by atoms with Crippen molar-refractivity contribution in [2.45, 2.75) is 0 Å². The molecule has 0 saturated carbocycles. The molecule has 3 nitrogen and oxygen atoms in total. The van der Waals surface area contributed by atoms with Crippen LogP contribution in [0.1, 0.15) is 10.4 Å². The van der Waals surface area contributed by atoms with Gasteiger partial charge in [0.25, 0.3) is 0 Å². The van der Waals surface area contributed by atoms with Crippen molar-refractivity contribution in [3.8, 4) is 11.3 Å². The van der Waals surface area contributed by atoms with E-state index in [1.165, 1.54) is 0 Å². The van der Waals surface area contributed by atoms with Gasteiger partial charge in [-0.1, -0.05) is 46.3 Å². The number of benzene rings is 2. The molecule has 0 aliphatic carbocycles. The van der Waals surface area contributed by atoms with Crippen LogP contribution in [0.4, 0.5) is 0 Å². The van der Waals surface area contributed by atoms with Gasteiger partial charge >= 0.3 is 5.97 Å². The van der Waals surface area contributed by atoms with E-state index < -0.39 is 5.97 Å². The highest BCUT2D eigenvalue weighted by Gasteiger charge is 2.12. The Labute approximate surface area is 124 Å². The summed E-state index contributed by atoms with van der Waals surface area (Å²) in [4.78, 5) is 16.0. The standard InChI is InChI=1S/C16H10BrNO2/c17-11-5-3-4-10(8-11)15-9-13(16(19)20)12-6-1-2-7-14(12)18-15/h1-9H,(H,19,20). The van der Waals surface area contributed by atoms with Gasteiger partial charge in [0.15, 0.2) is 0 Å². The summed E-state index contributed by atoms with van der Waals surface area (Å²) in [5, 5.41) is 10.0. The number of aromatic nitrogens is 1. The van der Waals surface area contributed by atoms with Crippen molar-refractivity contribution in [2.75, 3.05) is 0 Å². The molecule has 0 aliphatic rings. The van der Waals surface area contributed by atoms with Crippen LogP contribution in [0.2, 0.25) is 0 Å². The first kappa shape index (κ1) is 12.8. The van der Waals surface area contributed by atoms with Gasteiger partial charge in [0.2, 0.25) is 0 Å². The number of aromatic carboxylic acids is 1. The Balaban J connectivity index is 2.30. The van der Waals surface area contributed by atoms with E-state index in [1.807, 2.05) is 42.5 Å². The lowest BCUT2D eigenvalue weighted by molar-refractivity contribution is 0.0699. The molecule has 0 bridgehead atoms. The maximum atomic E-state index is 11.4. The molecule has 1 aromatic heterocycles. The van der Waals surface area contributed by atoms with Crippen LogP contribution in [0.5, 0.6) is 0 Å². The number of rotatable bonds is 2. The highest BCUT2D eigenvalue weighted by atomic mass is 79.9. The number of carbonyl (C=O) groups is 1. The molecule has 3 rings (SSSR count). The van der Waals surface area contributed by atoms with E-state index in [0.29, 0.717) is 16.6 Å². The molecule has 3 aromatic rings. The summed E-state index contributed by atoms with van der Waals surface area (Å²) in [6.45, 7) is 0. The summed E-state index contributed by atoms with van der Waals surface area (Å²) in [5.41, 5.74) is 2.49. The van der Waals surface area contributed by atoms with Crippen molar-refractivity contribution < 1.29 is 9.90 Å². The molecule has 0 spiro atoms. The second-order valence-electron chi connectivity index (χ2n) is 4.39. The fourth-order valence-electron chi connectivity index (χ4n) is 2.15. The zero-order valence-electron chi connectivity index (χ0n) is 10.4. The molecular weight excluding hydrogens is 318 g/mol. The van der Waals surface area contributed by atoms with E-state index in [2.05, 4.69) is 20.9 Å². The Morgan fingerprint density at radius 1 is 1.05 bits per heavy atom. The van der Waals surface area contributed by atoms with Gasteiger partial charge in [-0.05, 0) is 24.3 Å². The van der Waals surface area contributed by atoms with Crippen LogP contribution in [0.15, 0.2) is 59.1 Å². The third kappa shape index (κ3) is 2.30. The molecule has 0 aliphatic heterocycles. The van der Waals surface area contributed by atoms with Crippen molar-refractivity contribution in [1.29, 1.82) is 0 Å².